The molecule has 2 aromatic heterocycles. The van der Waals surface area contributed by atoms with E-state index in [1.54, 1.807) is 0 Å². The summed E-state index contributed by atoms with van der Waals surface area (Å²) in [6.45, 7) is 13.7. The number of pyridine rings is 1. The first-order chi connectivity index (χ1) is 9.83. The molecule has 2 rings (SSSR count). The maximum absolute atomic E-state index is 4.71. The Morgan fingerprint density at radius 1 is 1.24 bits per heavy atom. The Bertz CT molecular complexity index is 620. The number of aromatic nitrogens is 3. The molecular formula is C17H26N4. The minimum atomic E-state index is 0.0875. The molecule has 0 spiro atoms. The van der Waals surface area contributed by atoms with Gasteiger partial charge in [0.1, 0.15) is 0 Å². The summed E-state index contributed by atoms with van der Waals surface area (Å²) in [6.07, 6.45) is 4.75. The van der Waals surface area contributed by atoms with Gasteiger partial charge in [0.15, 0.2) is 0 Å². The topological polar surface area (TPSA) is 42.7 Å². The lowest BCUT2D eigenvalue weighted by molar-refractivity contribution is 0.423. The van der Waals surface area contributed by atoms with E-state index in [1.807, 2.05) is 17.1 Å². The van der Waals surface area contributed by atoms with Gasteiger partial charge < -0.3 is 5.32 Å². The molecule has 2 heterocycles. The average molecular weight is 286 g/mol. The van der Waals surface area contributed by atoms with Crippen LogP contribution in [0.25, 0.3) is 5.69 Å². The van der Waals surface area contributed by atoms with Crippen molar-refractivity contribution in [2.75, 3.05) is 0 Å². The summed E-state index contributed by atoms with van der Waals surface area (Å²) in [5, 5.41) is 8.24. The predicted octanol–water partition coefficient (Wildman–Crippen LogP) is 3.33. The van der Waals surface area contributed by atoms with Gasteiger partial charge >= 0.3 is 0 Å². The maximum Gasteiger partial charge on any atom is 0.0876 e. The molecule has 0 bridgehead atoms. The zero-order valence-electron chi connectivity index (χ0n) is 14.0. The summed E-state index contributed by atoms with van der Waals surface area (Å²) in [7, 11) is 0. The zero-order valence-corrected chi connectivity index (χ0v) is 14.0. The van der Waals surface area contributed by atoms with Gasteiger partial charge in [0.25, 0.3) is 0 Å². The Hall–Kier alpha value is -1.68. The Balaban J connectivity index is 2.41. The van der Waals surface area contributed by atoms with E-state index in [0.29, 0.717) is 0 Å². The van der Waals surface area contributed by atoms with Crippen LogP contribution in [0.2, 0.25) is 0 Å². The van der Waals surface area contributed by atoms with Crippen molar-refractivity contribution in [2.24, 2.45) is 0 Å². The Morgan fingerprint density at radius 2 is 1.95 bits per heavy atom. The van der Waals surface area contributed by atoms with Crippen molar-refractivity contribution < 1.29 is 0 Å². The van der Waals surface area contributed by atoms with Crippen LogP contribution in [0.3, 0.4) is 0 Å². The lowest BCUT2D eigenvalue weighted by atomic mass is 10.1. The molecule has 0 unspecified atom stereocenters. The third kappa shape index (κ3) is 3.50. The molecule has 1 N–H and O–H groups in total. The van der Waals surface area contributed by atoms with Crippen molar-refractivity contribution in [1.82, 2.24) is 20.1 Å². The molecule has 0 aliphatic heterocycles. The fourth-order valence-electron chi connectivity index (χ4n) is 2.54. The normalized spacial score (nSPS) is 11.9. The second-order valence-corrected chi connectivity index (χ2v) is 6.52. The largest absolute Gasteiger partial charge is 0.308 e. The Morgan fingerprint density at radius 3 is 2.52 bits per heavy atom. The van der Waals surface area contributed by atoms with Crippen molar-refractivity contribution in [3.8, 4) is 5.69 Å². The molecule has 0 atom stereocenters. The van der Waals surface area contributed by atoms with Crippen LogP contribution in [0, 0.1) is 13.8 Å². The van der Waals surface area contributed by atoms with E-state index in [-0.39, 0.29) is 5.54 Å². The van der Waals surface area contributed by atoms with Crippen molar-refractivity contribution in [3.63, 3.8) is 0 Å². The van der Waals surface area contributed by atoms with Gasteiger partial charge in [0.2, 0.25) is 0 Å². The van der Waals surface area contributed by atoms with Crippen molar-refractivity contribution >= 4 is 0 Å². The molecule has 4 heteroatoms. The van der Waals surface area contributed by atoms with Crippen LogP contribution in [0.15, 0.2) is 18.5 Å². The minimum absolute atomic E-state index is 0.0875. The molecule has 114 valence electrons. The van der Waals surface area contributed by atoms with Crippen LogP contribution in [-0.4, -0.2) is 20.3 Å². The molecule has 4 nitrogen and oxygen atoms in total. The van der Waals surface area contributed by atoms with Gasteiger partial charge in [-0.15, -0.1) is 0 Å². The van der Waals surface area contributed by atoms with E-state index < -0.39 is 0 Å². The van der Waals surface area contributed by atoms with Gasteiger partial charge in [0.05, 0.1) is 17.6 Å². The Labute approximate surface area is 127 Å². The van der Waals surface area contributed by atoms with Gasteiger partial charge in [-0.05, 0) is 58.2 Å². The van der Waals surface area contributed by atoms with Gasteiger partial charge in [-0.3, -0.25) is 4.98 Å². The third-order valence-corrected chi connectivity index (χ3v) is 3.72. The van der Waals surface area contributed by atoms with E-state index in [4.69, 9.17) is 5.10 Å². The van der Waals surface area contributed by atoms with Crippen LogP contribution in [-0.2, 0) is 13.0 Å². The maximum atomic E-state index is 4.71. The molecule has 21 heavy (non-hydrogen) atoms. The number of hydrogen-bond acceptors (Lipinski definition) is 3. The highest BCUT2D eigenvalue weighted by Crippen LogP contribution is 2.20. The van der Waals surface area contributed by atoms with E-state index in [2.05, 4.69) is 57.9 Å². The van der Waals surface area contributed by atoms with E-state index in [9.17, 15) is 0 Å². The summed E-state index contributed by atoms with van der Waals surface area (Å²) in [5.41, 5.74) is 6.01. The minimum Gasteiger partial charge on any atom is -0.308 e. The van der Waals surface area contributed by atoms with Gasteiger partial charge in [-0.25, -0.2) is 4.68 Å². The lowest BCUT2D eigenvalue weighted by Crippen LogP contribution is -2.35. The van der Waals surface area contributed by atoms with Crippen molar-refractivity contribution in [3.05, 3.63) is 41.0 Å². The van der Waals surface area contributed by atoms with Gasteiger partial charge in [-0.1, -0.05) is 6.92 Å². The zero-order chi connectivity index (χ0) is 15.6. The van der Waals surface area contributed by atoms with Crippen LogP contribution in [0.5, 0.6) is 0 Å². The number of aryl methyl sites for hydroxylation is 1. The fraction of sp³-hybridized carbons (Fsp3) is 0.529. The molecule has 0 amide bonds. The van der Waals surface area contributed by atoms with Crippen LogP contribution in [0.4, 0.5) is 0 Å². The second kappa shape index (κ2) is 5.98. The van der Waals surface area contributed by atoms with Gasteiger partial charge in [0, 0.05) is 24.0 Å². The number of rotatable bonds is 4. The SMILES string of the molecule is CCc1c(C)nn(-c2cnccc2CNC(C)(C)C)c1C. The van der Waals surface area contributed by atoms with Crippen LogP contribution in [0.1, 0.15) is 50.2 Å². The molecule has 0 aliphatic rings. The number of hydrogen-bond donors (Lipinski definition) is 1. The predicted molar refractivity (Wildman–Crippen MR) is 86.8 cm³/mol. The molecule has 2 aromatic rings. The molecule has 0 aromatic carbocycles. The van der Waals surface area contributed by atoms with Crippen LogP contribution >= 0.6 is 0 Å². The van der Waals surface area contributed by atoms with Crippen LogP contribution < -0.4 is 5.32 Å². The highest BCUT2D eigenvalue weighted by atomic mass is 15.3. The first-order valence-corrected chi connectivity index (χ1v) is 7.57. The molecule has 0 saturated heterocycles. The first-order valence-electron chi connectivity index (χ1n) is 7.57. The summed E-state index contributed by atoms with van der Waals surface area (Å²) in [6, 6.07) is 2.07. The standard InChI is InChI=1S/C17H26N4/c1-7-15-12(2)20-21(13(15)3)16-11-18-9-8-14(16)10-19-17(4,5)6/h8-9,11,19H,7,10H2,1-6H3. The second-order valence-electron chi connectivity index (χ2n) is 6.52. The summed E-state index contributed by atoms with van der Waals surface area (Å²) >= 11 is 0. The van der Waals surface area contributed by atoms with E-state index >= 15 is 0 Å². The highest BCUT2D eigenvalue weighted by molar-refractivity contribution is 5.41. The fourth-order valence-corrected chi connectivity index (χ4v) is 2.54. The summed E-state index contributed by atoms with van der Waals surface area (Å²) in [5.74, 6) is 0. The third-order valence-electron chi connectivity index (χ3n) is 3.72. The van der Waals surface area contributed by atoms with E-state index in [1.165, 1.54) is 16.8 Å². The van der Waals surface area contributed by atoms with E-state index in [0.717, 1.165) is 24.3 Å². The van der Waals surface area contributed by atoms with Crippen molar-refractivity contribution in [1.29, 1.82) is 0 Å². The molecule has 0 saturated carbocycles. The molecule has 0 radical (unpaired) electrons. The lowest BCUT2D eigenvalue weighted by Gasteiger charge is -2.21. The summed E-state index contributed by atoms with van der Waals surface area (Å²) < 4.78 is 2.03. The Kier molecular flexibility index (Phi) is 4.47. The smallest absolute Gasteiger partial charge is 0.0876 e. The number of nitrogens with zero attached hydrogens (tertiary/aromatic N) is 3. The van der Waals surface area contributed by atoms with Gasteiger partial charge in [-0.2, -0.15) is 5.10 Å². The quantitative estimate of drug-likeness (QED) is 0.937. The molecular weight excluding hydrogens is 260 g/mol. The number of nitrogens with one attached hydrogen (secondary N) is 1. The molecule has 0 aliphatic carbocycles. The molecule has 0 fully saturated rings. The average Bonchev–Trinajstić information content (AvgIpc) is 2.70. The highest BCUT2D eigenvalue weighted by Gasteiger charge is 2.15. The van der Waals surface area contributed by atoms with Crippen molar-refractivity contribution in [2.45, 2.75) is 60.0 Å². The first kappa shape index (κ1) is 15.7. The monoisotopic (exact) mass is 286 g/mol. The summed E-state index contributed by atoms with van der Waals surface area (Å²) in [4.78, 5) is 4.28.